The Labute approximate surface area is 95.6 Å². The normalized spacial score (nSPS) is 16.7. The minimum Gasteiger partial charge on any atom is -0.368 e. The molecular formula is C12H18N2O2. The summed E-state index contributed by atoms with van der Waals surface area (Å²) in [5.41, 5.74) is 5.24. The van der Waals surface area contributed by atoms with E-state index in [2.05, 4.69) is 5.32 Å². The molecule has 0 unspecified atom stereocenters. The quantitative estimate of drug-likeness (QED) is 0.720. The third kappa shape index (κ3) is 3.53. The summed E-state index contributed by atoms with van der Waals surface area (Å²) in [5, 5.41) is 2.67. The molecule has 0 fully saturated rings. The van der Waals surface area contributed by atoms with Crippen LogP contribution in [0.5, 0.6) is 0 Å². The van der Waals surface area contributed by atoms with E-state index in [0.717, 1.165) is 0 Å². The standard InChI is InChI=1S/C12H18N2O2/c1-8(2)7-10(11(13)15)14-12(16)9-5-3-4-6-9/h3-6,8-10H,7H2,1-2H3,(H2,13,15)(H,14,16)/t10-/m0/s1. The van der Waals surface area contributed by atoms with Gasteiger partial charge in [-0.2, -0.15) is 0 Å². The molecule has 0 radical (unpaired) electrons. The summed E-state index contributed by atoms with van der Waals surface area (Å²) < 4.78 is 0. The first-order valence-electron chi connectivity index (χ1n) is 5.45. The lowest BCUT2D eigenvalue weighted by molar-refractivity contribution is -0.128. The highest BCUT2D eigenvalue weighted by Gasteiger charge is 2.22. The van der Waals surface area contributed by atoms with Crippen LogP contribution in [0.1, 0.15) is 20.3 Å². The molecule has 88 valence electrons. The van der Waals surface area contributed by atoms with Crippen molar-refractivity contribution < 1.29 is 9.59 Å². The minimum absolute atomic E-state index is 0.172. The highest BCUT2D eigenvalue weighted by molar-refractivity contribution is 5.89. The van der Waals surface area contributed by atoms with E-state index in [-0.39, 0.29) is 11.8 Å². The molecular weight excluding hydrogens is 204 g/mol. The topological polar surface area (TPSA) is 72.2 Å². The Hall–Kier alpha value is -1.58. The van der Waals surface area contributed by atoms with Crippen molar-refractivity contribution in [2.24, 2.45) is 17.6 Å². The summed E-state index contributed by atoms with van der Waals surface area (Å²) in [6, 6.07) is -0.574. The maximum atomic E-state index is 11.7. The van der Waals surface area contributed by atoms with Gasteiger partial charge < -0.3 is 11.1 Å². The number of primary amides is 1. The van der Waals surface area contributed by atoms with Gasteiger partial charge in [0.05, 0.1) is 5.92 Å². The Kier molecular flexibility index (Phi) is 4.28. The largest absolute Gasteiger partial charge is 0.368 e. The van der Waals surface area contributed by atoms with Crippen LogP contribution in [0, 0.1) is 11.8 Å². The van der Waals surface area contributed by atoms with Crippen LogP contribution in [0.15, 0.2) is 24.3 Å². The van der Waals surface area contributed by atoms with Gasteiger partial charge >= 0.3 is 0 Å². The van der Waals surface area contributed by atoms with Crippen LogP contribution in [-0.4, -0.2) is 17.9 Å². The average Bonchev–Trinajstić information content (AvgIpc) is 2.68. The maximum Gasteiger partial charge on any atom is 0.240 e. The Bertz CT molecular complexity index is 320. The van der Waals surface area contributed by atoms with Crippen LogP contribution < -0.4 is 11.1 Å². The van der Waals surface area contributed by atoms with E-state index in [4.69, 9.17) is 5.73 Å². The molecule has 3 N–H and O–H groups in total. The fraction of sp³-hybridized carbons (Fsp3) is 0.500. The van der Waals surface area contributed by atoms with E-state index < -0.39 is 11.9 Å². The van der Waals surface area contributed by atoms with Gasteiger partial charge in [-0.25, -0.2) is 0 Å². The van der Waals surface area contributed by atoms with Crippen LogP contribution >= 0.6 is 0 Å². The molecule has 2 amide bonds. The second kappa shape index (κ2) is 5.49. The van der Waals surface area contributed by atoms with Crippen LogP contribution in [0.4, 0.5) is 0 Å². The number of nitrogens with one attached hydrogen (secondary N) is 1. The number of hydrogen-bond donors (Lipinski definition) is 2. The predicted molar refractivity (Wildman–Crippen MR) is 62.4 cm³/mol. The zero-order chi connectivity index (χ0) is 12.1. The van der Waals surface area contributed by atoms with Crippen molar-refractivity contribution in [2.75, 3.05) is 0 Å². The van der Waals surface area contributed by atoms with Crippen molar-refractivity contribution in [2.45, 2.75) is 26.3 Å². The molecule has 16 heavy (non-hydrogen) atoms. The van der Waals surface area contributed by atoms with E-state index in [1.54, 1.807) is 12.2 Å². The zero-order valence-electron chi connectivity index (χ0n) is 9.64. The van der Waals surface area contributed by atoms with Gasteiger partial charge in [0.2, 0.25) is 11.8 Å². The van der Waals surface area contributed by atoms with Crippen molar-refractivity contribution in [3.05, 3.63) is 24.3 Å². The predicted octanol–water partition coefficient (Wildman–Crippen LogP) is 0.745. The SMILES string of the molecule is CC(C)C[C@H](NC(=O)C1C=CC=C1)C(N)=O. The van der Waals surface area contributed by atoms with E-state index in [1.165, 1.54) is 0 Å². The third-order valence-corrected chi connectivity index (χ3v) is 2.42. The molecule has 4 heteroatoms. The fourth-order valence-corrected chi connectivity index (χ4v) is 1.59. The van der Waals surface area contributed by atoms with Gasteiger partial charge in [-0.1, -0.05) is 38.2 Å². The smallest absolute Gasteiger partial charge is 0.240 e. The first-order chi connectivity index (χ1) is 7.50. The molecule has 4 nitrogen and oxygen atoms in total. The Morgan fingerprint density at radius 1 is 1.31 bits per heavy atom. The van der Waals surface area contributed by atoms with Gasteiger partial charge in [-0.3, -0.25) is 9.59 Å². The van der Waals surface area contributed by atoms with Crippen LogP contribution in [0.25, 0.3) is 0 Å². The van der Waals surface area contributed by atoms with Crippen LogP contribution in [0.3, 0.4) is 0 Å². The molecule has 0 aromatic rings. The lowest BCUT2D eigenvalue weighted by atomic mass is 10.0. The summed E-state index contributed by atoms with van der Waals surface area (Å²) in [4.78, 5) is 22.9. The third-order valence-electron chi connectivity index (χ3n) is 2.42. The van der Waals surface area contributed by atoms with E-state index >= 15 is 0 Å². The van der Waals surface area contributed by atoms with Crippen LogP contribution in [0.2, 0.25) is 0 Å². The van der Waals surface area contributed by atoms with Crippen molar-refractivity contribution in [3.63, 3.8) is 0 Å². The second-order valence-corrected chi connectivity index (χ2v) is 4.39. The fourth-order valence-electron chi connectivity index (χ4n) is 1.59. The Morgan fingerprint density at radius 3 is 2.31 bits per heavy atom. The van der Waals surface area contributed by atoms with E-state index in [0.29, 0.717) is 12.3 Å². The number of hydrogen-bond acceptors (Lipinski definition) is 2. The molecule has 0 aliphatic heterocycles. The lowest BCUT2D eigenvalue weighted by Gasteiger charge is -2.18. The zero-order valence-corrected chi connectivity index (χ0v) is 9.64. The van der Waals surface area contributed by atoms with Crippen LogP contribution in [-0.2, 0) is 9.59 Å². The molecule has 0 saturated carbocycles. The van der Waals surface area contributed by atoms with Crippen molar-refractivity contribution in [1.82, 2.24) is 5.32 Å². The number of allylic oxidation sites excluding steroid dienone is 2. The number of carbonyl (C=O) groups is 2. The molecule has 0 aromatic heterocycles. The number of carbonyl (C=O) groups excluding carboxylic acids is 2. The van der Waals surface area contributed by atoms with E-state index in [1.807, 2.05) is 26.0 Å². The Morgan fingerprint density at radius 2 is 1.88 bits per heavy atom. The minimum atomic E-state index is -0.574. The van der Waals surface area contributed by atoms with Gasteiger partial charge in [0.15, 0.2) is 0 Å². The van der Waals surface area contributed by atoms with Crippen molar-refractivity contribution in [3.8, 4) is 0 Å². The highest BCUT2D eigenvalue weighted by atomic mass is 16.2. The molecule has 1 aliphatic rings. The van der Waals surface area contributed by atoms with Gasteiger partial charge in [0, 0.05) is 0 Å². The highest BCUT2D eigenvalue weighted by Crippen LogP contribution is 2.10. The van der Waals surface area contributed by atoms with Crippen molar-refractivity contribution >= 4 is 11.8 Å². The first-order valence-corrected chi connectivity index (χ1v) is 5.45. The molecule has 1 aliphatic carbocycles. The van der Waals surface area contributed by atoms with Gasteiger partial charge in [0.1, 0.15) is 6.04 Å². The van der Waals surface area contributed by atoms with Gasteiger partial charge in [-0.15, -0.1) is 0 Å². The van der Waals surface area contributed by atoms with Gasteiger partial charge in [0.25, 0.3) is 0 Å². The lowest BCUT2D eigenvalue weighted by Crippen LogP contribution is -2.46. The number of rotatable bonds is 5. The molecule has 0 saturated heterocycles. The number of amides is 2. The molecule has 1 rings (SSSR count). The summed E-state index contributed by atoms with van der Waals surface area (Å²) in [6.07, 6.45) is 7.75. The van der Waals surface area contributed by atoms with Crippen molar-refractivity contribution in [1.29, 1.82) is 0 Å². The maximum absolute atomic E-state index is 11.7. The van der Waals surface area contributed by atoms with E-state index in [9.17, 15) is 9.59 Å². The first kappa shape index (κ1) is 12.5. The second-order valence-electron chi connectivity index (χ2n) is 4.39. The molecule has 0 heterocycles. The Balaban J connectivity index is 2.54. The molecule has 0 bridgehead atoms. The molecule has 1 atom stereocenters. The molecule has 0 aromatic carbocycles. The monoisotopic (exact) mass is 222 g/mol. The summed E-state index contributed by atoms with van der Waals surface area (Å²) in [5.74, 6) is -0.607. The molecule has 0 spiro atoms. The summed E-state index contributed by atoms with van der Waals surface area (Å²) in [6.45, 7) is 3.97. The number of nitrogens with two attached hydrogens (primary N) is 1. The summed E-state index contributed by atoms with van der Waals surface area (Å²) >= 11 is 0. The summed E-state index contributed by atoms with van der Waals surface area (Å²) in [7, 11) is 0. The van der Waals surface area contributed by atoms with Gasteiger partial charge in [-0.05, 0) is 12.3 Å². The average molecular weight is 222 g/mol.